The Morgan fingerprint density at radius 1 is 1.03 bits per heavy atom. The summed E-state index contributed by atoms with van der Waals surface area (Å²) < 4.78 is 12.4. The molecule has 32 heavy (non-hydrogen) atoms. The van der Waals surface area contributed by atoms with Gasteiger partial charge in [-0.2, -0.15) is 5.10 Å². The van der Waals surface area contributed by atoms with E-state index in [-0.39, 0.29) is 11.8 Å². The van der Waals surface area contributed by atoms with Crippen LogP contribution in [0.25, 0.3) is 5.82 Å². The van der Waals surface area contributed by atoms with E-state index in [9.17, 15) is 4.79 Å². The van der Waals surface area contributed by atoms with Crippen molar-refractivity contribution in [2.24, 2.45) is 5.92 Å². The molecule has 1 amide bonds. The molecule has 1 N–H and O–H groups in total. The minimum Gasteiger partial charge on any atom is -0.497 e. The van der Waals surface area contributed by atoms with Crippen molar-refractivity contribution in [3.8, 4) is 17.3 Å². The van der Waals surface area contributed by atoms with E-state index in [0.717, 1.165) is 42.4 Å². The predicted molar refractivity (Wildman–Crippen MR) is 122 cm³/mol. The van der Waals surface area contributed by atoms with E-state index in [1.807, 2.05) is 30.7 Å². The molecule has 1 aliphatic heterocycles. The lowest BCUT2D eigenvalue weighted by Gasteiger charge is -2.33. The molecule has 2 aromatic heterocycles. The number of aryl methyl sites for hydroxylation is 2. The van der Waals surface area contributed by atoms with Crippen molar-refractivity contribution in [3.63, 3.8) is 0 Å². The van der Waals surface area contributed by atoms with Gasteiger partial charge in [0.05, 0.1) is 25.8 Å². The normalized spacial score (nSPS) is 16.0. The maximum Gasteiger partial charge on any atom is 0.229 e. The number of piperidine rings is 1. The van der Waals surface area contributed by atoms with E-state index in [4.69, 9.17) is 9.47 Å². The molecule has 1 aliphatic rings. The first-order valence-corrected chi connectivity index (χ1v) is 10.6. The number of benzene rings is 1. The van der Waals surface area contributed by atoms with Crippen LogP contribution in [0.15, 0.2) is 36.7 Å². The van der Waals surface area contributed by atoms with Crippen LogP contribution in [0.2, 0.25) is 0 Å². The Bertz CT molecular complexity index is 1090. The highest BCUT2D eigenvalue weighted by Gasteiger charge is 2.27. The number of anilines is 2. The molecule has 0 aliphatic carbocycles. The molecule has 1 fully saturated rings. The zero-order valence-electron chi connectivity index (χ0n) is 18.8. The quantitative estimate of drug-likeness (QED) is 0.634. The van der Waals surface area contributed by atoms with Gasteiger partial charge in [0.2, 0.25) is 5.91 Å². The first-order valence-electron chi connectivity index (χ1n) is 10.6. The largest absolute Gasteiger partial charge is 0.497 e. The molecule has 3 heterocycles. The maximum absolute atomic E-state index is 13.0. The highest BCUT2D eigenvalue weighted by Crippen LogP contribution is 2.28. The van der Waals surface area contributed by atoms with Crippen molar-refractivity contribution in [3.05, 3.63) is 48.0 Å². The zero-order valence-corrected chi connectivity index (χ0v) is 18.8. The van der Waals surface area contributed by atoms with E-state index in [1.165, 1.54) is 0 Å². The minimum absolute atomic E-state index is 0.0298. The third-order valence-electron chi connectivity index (χ3n) is 5.60. The van der Waals surface area contributed by atoms with Crippen molar-refractivity contribution >= 4 is 17.4 Å². The first-order chi connectivity index (χ1) is 15.5. The number of hydrogen-bond acceptors (Lipinski definition) is 7. The summed E-state index contributed by atoms with van der Waals surface area (Å²) in [6.45, 7) is 5.37. The van der Waals surface area contributed by atoms with E-state index in [2.05, 4.69) is 25.3 Å². The van der Waals surface area contributed by atoms with Crippen LogP contribution in [0.1, 0.15) is 24.2 Å². The van der Waals surface area contributed by atoms with Gasteiger partial charge >= 0.3 is 0 Å². The average molecular weight is 437 g/mol. The second kappa shape index (κ2) is 9.25. The topological polar surface area (TPSA) is 94.4 Å². The third kappa shape index (κ3) is 4.66. The Morgan fingerprint density at radius 2 is 1.75 bits per heavy atom. The molecule has 0 spiro atoms. The number of aromatic nitrogens is 4. The summed E-state index contributed by atoms with van der Waals surface area (Å²) in [7, 11) is 3.17. The highest BCUT2D eigenvalue weighted by atomic mass is 16.5. The zero-order chi connectivity index (χ0) is 22.7. The van der Waals surface area contributed by atoms with Gasteiger partial charge in [0.25, 0.3) is 0 Å². The number of nitrogens with one attached hydrogen (secondary N) is 1. The second-order valence-corrected chi connectivity index (χ2v) is 7.95. The number of carbonyl (C=O) groups excluding carboxylic acids is 1. The van der Waals surface area contributed by atoms with E-state index in [1.54, 1.807) is 38.7 Å². The molecule has 3 aromatic rings. The van der Waals surface area contributed by atoms with Crippen LogP contribution >= 0.6 is 0 Å². The summed E-state index contributed by atoms with van der Waals surface area (Å²) in [6, 6.07) is 9.27. The summed E-state index contributed by atoms with van der Waals surface area (Å²) in [4.78, 5) is 24.0. The molecule has 168 valence electrons. The Labute approximate surface area is 187 Å². The third-order valence-corrected chi connectivity index (χ3v) is 5.60. The van der Waals surface area contributed by atoms with Crippen LogP contribution in [0, 0.1) is 19.8 Å². The van der Waals surface area contributed by atoms with E-state index < -0.39 is 0 Å². The van der Waals surface area contributed by atoms with Gasteiger partial charge in [0.1, 0.15) is 23.6 Å². The Hall–Kier alpha value is -3.62. The summed E-state index contributed by atoms with van der Waals surface area (Å²) in [5.41, 5.74) is 2.60. The monoisotopic (exact) mass is 436 g/mol. The van der Waals surface area contributed by atoms with Crippen molar-refractivity contribution in [2.75, 3.05) is 37.5 Å². The van der Waals surface area contributed by atoms with Gasteiger partial charge < -0.3 is 19.7 Å². The molecule has 1 unspecified atom stereocenters. The lowest BCUT2D eigenvalue weighted by molar-refractivity contribution is -0.120. The molecule has 9 heteroatoms. The number of rotatable bonds is 6. The fourth-order valence-corrected chi connectivity index (χ4v) is 4.01. The maximum atomic E-state index is 13.0. The number of amides is 1. The molecule has 9 nitrogen and oxygen atoms in total. The van der Waals surface area contributed by atoms with Gasteiger partial charge in [0, 0.05) is 48.7 Å². The Kier molecular flexibility index (Phi) is 6.25. The summed E-state index contributed by atoms with van der Waals surface area (Å²) in [5.74, 6) is 2.58. The summed E-state index contributed by atoms with van der Waals surface area (Å²) in [6.07, 6.45) is 3.27. The highest BCUT2D eigenvalue weighted by molar-refractivity contribution is 5.93. The van der Waals surface area contributed by atoms with Gasteiger partial charge in [-0.25, -0.2) is 14.6 Å². The van der Waals surface area contributed by atoms with Crippen molar-refractivity contribution in [1.82, 2.24) is 19.7 Å². The summed E-state index contributed by atoms with van der Waals surface area (Å²) >= 11 is 0. The van der Waals surface area contributed by atoms with Crippen molar-refractivity contribution < 1.29 is 14.3 Å². The van der Waals surface area contributed by atoms with Crippen molar-refractivity contribution in [1.29, 1.82) is 0 Å². The fourth-order valence-electron chi connectivity index (χ4n) is 4.01. The lowest BCUT2D eigenvalue weighted by Crippen LogP contribution is -2.41. The average Bonchev–Trinajstić information content (AvgIpc) is 3.16. The van der Waals surface area contributed by atoms with Gasteiger partial charge in [-0.3, -0.25) is 4.79 Å². The first kappa shape index (κ1) is 21.6. The van der Waals surface area contributed by atoms with Crippen LogP contribution in [0.5, 0.6) is 11.5 Å². The molecular formula is C23H28N6O3. The minimum atomic E-state index is -0.159. The Balaban J connectivity index is 1.48. The standard InChI is InChI=1S/C23H28N6O3/c1-15-8-16(2)29(27-15)22-12-21(24-14-25-22)28-7-5-6-17(13-28)23(30)26-18-9-19(31-3)11-20(10-18)32-4/h8-12,14,17H,5-7,13H2,1-4H3,(H,26,30). The second-order valence-electron chi connectivity index (χ2n) is 7.95. The molecule has 0 radical (unpaired) electrons. The van der Waals surface area contributed by atoms with Crippen molar-refractivity contribution in [2.45, 2.75) is 26.7 Å². The molecule has 1 saturated heterocycles. The Morgan fingerprint density at radius 3 is 2.41 bits per heavy atom. The molecular weight excluding hydrogens is 408 g/mol. The number of hydrogen-bond donors (Lipinski definition) is 1. The van der Waals surface area contributed by atoms with Gasteiger partial charge in [-0.1, -0.05) is 0 Å². The summed E-state index contributed by atoms with van der Waals surface area (Å²) in [5, 5.41) is 7.52. The molecule has 0 saturated carbocycles. The lowest BCUT2D eigenvalue weighted by atomic mass is 9.97. The SMILES string of the molecule is COc1cc(NC(=O)C2CCCN(c3cc(-n4nc(C)cc4C)ncn3)C2)cc(OC)c1. The number of ether oxygens (including phenoxy) is 2. The van der Waals surface area contributed by atoms with Crippen LogP contribution in [0.4, 0.5) is 11.5 Å². The van der Waals surface area contributed by atoms with E-state index in [0.29, 0.717) is 23.7 Å². The smallest absolute Gasteiger partial charge is 0.229 e. The number of carbonyl (C=O) groups is 1. The fraction of sp³-hybridized carbons (Fsp3) is 0.391. The van der Waals surface area contributed by atoms with Crippen LogP contribution in [-0.4, -0.2) is 53.0 Å². The van der Waals surface area contributed by atoms with Crippen LogP contribution in [0.3, 0.4) is 0 Å². The number of methoxy groups -OCH3 is 2. The number of nitrogens with zero attached hydrogens (tertiary/aromatic N) is 5. The van der Waals surface area contributed by atoms with Gasteiger partial charge in [-0.15, -0.1) is 0 Å². The van der Waals surface area contributed by atoms with E-state index >= 15 is 0 Å². The van der Waals surface area contributed by atoms with Gasteiger partial charge in [-0.05, 0) is 32.8 Å². The van der Waals surface area contributed by atoms with Crippen LogP contribution in [-0.2, 0) is 4.79 Å². The molecule has 0 bridgehead atoms. The molecule has 1 atom stereocenters. The molecule has 4 rings (SSSR count). The van der Waals surface area contributed by atoms with Crippen LogP contribution < -0.4 is 19.7 Å². The molecule has 1 aromatic carbocycles. The van der Waals surface area contributed by atoms with Gasteiger partial charge in [0.15, 0.2) is 5.82 Å². The predicted octanol–water partition coefficient (Wildman–Crippen LogP) is 3.15.